The van der Waals surface area contributed by atoms with Crippen molar-refractivity contribution in [1.82, 2.24) is 5.32 Å². The second-order valence-electron chi connectivity index (χ2n) is 6.97. The van der Waals surface area contributed by atoms with E-state index in [0.29, 0.717) is 5.56 Å². The van der Waals surface area contributed by atoms with Crippen molar-refractivity contribution in [1.29, 1.82) is 5.26 Å². The van der Waals surface area contributed by atoms with E-state index in [1.54, 1.807) is 6.07 Å². The minimum Gasteiger partial charge on any atom is -0.485 e. The second-order valence-corrected chi connectivity index (χ2v) is 6.97. The van der Waals surface area contributed by atoms with Gasteiger partial charge in [-0.2, -0.15) is 5.26 Å². The molecule has 5 nitrogen and oxygen atoms in total. The van der Waals surface area contributed by atoms with Crippen molar-refractivity contribution in [2.45, 2.75) is 64.8 Å². The van der Waals surface area contributed by atoms with Gasteiger partial charge in [0.15, 0.2) is 0 Å². The van der Waals surface area contributed by atoms with Crippen molar-refractivity contribution >= 4 is 5.91 Å². The zero-order valence-electron chi connectivity index (χ0n) is 14.9. The Hall–Kier alpha value is -2.06. The molecule has 1 saturated heterocycles. The van der Waals surface area contributed by atoms with Crippen LogP contribution in [0.1, 0.15) is 51.7 Å². The Labute approximate surface area is 144 Å². The SMILES string of the molecule is CC(C)O[C@@H]1Cc2cc(C#N)ccc2OC1(C)C.O=C1CCCN1. The van der Waals surface area contributed by atoms with Gasteiger partial charge in [-0.15, -0.1) is 0 Å². The van der Waals surface area contributed by atoms with Gasteiger partial charge in [0.2, 0.25) is 5.91 Å². The monoisotopic (exact) mass is 330 g/mol. The number of hydrogen-bond donors (Lipinski definition) is 1. The number of carbonyl (C=O) groups is 1. The normalized spacial score (nSPS) is 21.0. The molecule has 1 atom stereocenters. The summed E-state index contributed by atoms with van der Waals surface area (Å²) in [5.41, 5.74) is 1.38. The van der Waals surface area contributed by atoms with Gasteiger partial charge >= 0.3 is 0 Å². The lowest BCUT2D eigenvalue weighted by atomic mass is 9.90. The maximum absolute atomic E-state index is 10.1. The van der Waals surface area contributed by atoms with Crippen LogP contribution in [-0.4, -0.2) is 30.3 Å². The largest absolute Gasteiger partial charge is 0.485 e. The molecule has 1 fully saturated rings. The number of ether oxygens (including phenoxy) is 2. The molecule has 3 rings (SSSR count). The molecule has 1 amide bonds. The lowest BCUT2D eigenvalue weighted by Gasteiger charge is -2.40. The highest BCUT2D eigenvalue weighted by molar-refractivity contribution is 5.77. The highest BCUT2D eigenvalue weighted by Crippen LogP contribution is 2.35. The first-order chi connectivity index (χ1) is 11.3. The van der Waals surface area contributed by atoms with Gasteiger partial charge in [-0.3, -0.25) is 4.79 Å². The third-order valence-electron chi connectivity index (χ3n) is 4.08. The third kappa shape index (κ3) is 4.72. The Morgan fingerprint density at radius 3 is 2.67 bits per heavy atom. The van der Waals surface area contributed by atoms with Crippen LogP contribution in [0.2, 0.25) is 0 Å². The summed E-state index contributed by atoms with van der Waals surface area (Å²) in [6.07, 6.45) is 2.73. The molecule has 1 aromatic rings. The highest BCUT2D eigenvalue weighted by atomic mass is 16.6. The standard InChI is InChI=1S/C15H19NO2.C4H7NO/c1-10(2)17-14-8-12-7-11(9-16)5-6-13(12)18-15(14,3)4;6-4-2-1-3-5-4/h5-7,10,14H,8H2,1-4H3;1-3H2,(H,5,6)/t14-;/m1./s1. The van der Waals surface area contributed by atoms with E-state index in [4.69, 9.17) is 14.7 Å². The smallest absolute Gasteiger partial charge is 0.220 e. The average molecular weight is 330 g/mol. The number of nitrogens with one attached hydrogen (secondary N) is 1. The number of nitriles is 1. The number of carbonyl (C=O) groups excluding carboxylic acids is 1. The minimum atomic E-state index is -0.342. The predicted molar refractivity (Wildman–Crippen MR) is 91.8 cm³/mol. The molecule has 0 bridgehead atoms. The van der Waals surface area contributed by atoms with Crippen LogP contribution in [0.25, 0.3) is 0 Å². The van der Waals surface area contributed by atoms with E-state index in [9.17, 15) is 4.79 Å². The molecular formula is C19H26N2O3. The summed E-state index contributed by atoms with van der Waals surface area (Å²) < 4.78 is 11.9. The van der Waals surface area contributed by atoms with E-state index in [2.05, 4.69) is 11.4 Å². The van der Waals surface area contributed by atoms with E-state index in [1.807, 2.05) is 39.8 Å². The van der Waals surface area contributed by atoms with E-state index < -0.39 is 0 Å². The van der Waals surface area contributed by atoms with Crippen molar-refractivity contribution in [3.63, 3.8) is 0 Å². The van der Waals surface area contributed by atoms with Gasteiger partial charge in [-0.25, -0.2) is 0 Å². The van der Waals surface area contributed by atoms with Crippen LogP contribution in [0, 0.1) is 11.3 Å². The second kappa shape index (κ2) is 7.67. The molecule has 0 aromatic heterocycles. The van der Waals surface area contributed by atoms with Crippen LogP contribution in [0.15, 0.2) is 18.2 Å². The van der Waals surface area contributed by atoms with Crippen LogP contribution in [-0.2, 0) is 16.0 Å². The Bertz CT molecular complexity index is 624. The van der Waals surface area contributed by atoms with Crippen molar-refractivity contribution in [3.8, 4) is 11.8 Å². The predicted octanol–water partition coefficient (Wildman–Crippen LogP) is 2.96. The van der Waals surface area contributed by atoms with Gasteiger partial charge < -0.3 is 14.8 Å². The summed E-state index contributed by atoms with van der Waals surface area (Å²) in [6.45, 7) is 9.02. The molecule has 5 heteroatoms. The molecular weight excluding hydrogens is 304 g/mol. The maximum Gasteiger partial charge on any atom is 0.220 e. The lowest BCUT2D eigenvalue weighted by molar-refractivity contribution is -0.119. The molecule has 2 aliphatic heterocycles. The molecule has 0 spiro atoms. The fraction of sp³-hybridized carbons (Fsp3) is 0.579. The van der Waals surface area contributed by atoms with Crippen molar-refractivity contribution < 1.29 is 14.3 Å². The topological polar surface area (TPSA) is 71.3 Å². The minimum absolute atomic E-state index is 0.0129. The number of fused-ring (bicyclic) bond motifs is 1. The van der Waals surface area contributed by atoms with E-state index in [0.717, 1.165) is 37.1 Å². The highest BCUT2D eigenvalue weighted by Gasteiger charge is 2.38. The van der Waals surface area contributed by atoms with E-state index in [1.165, 1.54) is 0 Å². The van der Waals surface area contributed by atoms with Crippen LogP contribution >= 0.6 is 0 Å². The fourth-order valence-corrected chi connectivity index (χ4v) is 2.81. The van der Waals surface area contributed by atoms with E-state index in [-0.39, 0.29) is 23.7 Å². The van der Waals surface area contributed by atoms with Gasteiger partial charge in [-0.05, 0) is 57.9 Å². The van der Waals surface area contributed by atoms with Crippen molar-refractivity contribution in [2.75, 3.05) is 6.54 Å². The molecule has 0 radical (unpaired) electrons. The van der Waals surface area contributed by atoms with Gasteiger partial charge in [0.05, 0.1) is 17.7 Å². The van der Waals surface area contributed by atoms with E-state index >= 15 is 0 Å². The first-order valence-electron chi connectivity index (χ1n) is 8.46. The van der Waals surface area contributed by atoms with Gasteiger partial charge in [0, 0.05) is 19.4 Å². The first-order valence-corrected chi connectivity index (χ1v) is 8.46. The summed E-state index contributed by atoms with van der Waals surface area (Å²) in [5.74, 6) is 1.07. The van der Waals surface area contributed by atoms with Crippen molar-refractivity contribution in [3.05, 3.63) is 29.3 Å². The maximum atomic E-state index is 10.1. The Kier molecular flexibility index (Phi) is 5.84. The number of rotatable bonds is 2. The quantitative estimate of drug-likeness (QED) is 0.905. The Morgan fingerprint density at radius 2 is 2.17 bits per heavy atom. The Morgan fingerprint density at radius 1 is 1.42 bits per heavy atom. The Balaban J connectivity index is 0.000000292. The van der Waals surface area contributed by atoms with Crippen LogP contribution in [0.5, 0.6) is 5.75 Å². The van der Waals surface area contributed by atoms with Crippen molar-refractivity contribution in [2.24, 2.45) is 0 Å². The molecule has 0 aliphatic carbocycles. The molecule has 1 aromatic carbocycles. The average Bonchev–Trinajstić information content (AvgIpc) is 2.98. The van der Waals surface area contributed by atoms with Crippen LogP contribution in [0.3, 0.4) is 0 Å². The number of benzene rings is 1. The molecule has 1 N–H and O–H groups in total. The lowest BCUT2D eigenvalue weighted by Crippen LogP contribution is -2.48. The summed E-state index contributed by atoms with van der Waals surface area (Å²) in [7, 11) is 0. The molecule has 130 valence electrons. The molecule has 0 saturated carbocycles. The molecule has 2 aliphatic rings. The zero-order chi connectivity index (χ0) is 17.7. The molecule has 2 heterocycles. The fourth-order valence-electron chi connectivity index (χ4n) is 2.81. The number of amides is 1. The van der Waals surface area contributed by atoms with Gasteiger partial charge in [0.25, 0.3) is 0 Å². The summed E-state index contributed by atoms with van der Waals surface area (Å²) >= 11 is 0. The van der Waals surface area contributed by atoms with Gasteiger partial charge in [0.1, 0.15) is 17.5 Å². The van der Waals surface area contributed by atoms with Crippen LogP contribution in [0.4, 0.5) is 0 Å². The zero-order valence-corrected chi connectivity index (χ0v) is 14.9. The molecule has 0 unspecified atom stereocenters. The number of nitrogens with zero attached hydrogens (tertiary/aromatic N) is 1. The summed E-state index contributed by atoms with van der Waals surface area (Å²) in [6, 6.07) is 7.71. The van der Waals surface area contributed by atoms with Crippen LogP contribution < -0.4 is 10.1 Å². The third-order valence-corrected chi connectivity index (χ3v) is 4.08. The summed E-state index contributed by atoms with van der Waals surface area (Å²) in [4.78, 5) is 10.1. The number of hydrogen-bond acceptors (Lipinski definition) is 4. The first kappa shape index (κ1) is 18.3. The van der Waals surface area contributed by atoms with Gasteiger partial charge in [-0.1, -0.05) is 0 Å². The summed E-state index contributed by atoms with van der Waals surface area (Å²) in [5, 5.41) is 11.6. The molecule has 24 heavy (non-hydrogen) atoms.